The summed E-state index contributed by atoms with van der Waals surface area (Å²) in [6, 6.07) is 5.02. The standard InChI is InChI=1S/C14H15F4N3O.2ClH/c15-11-9-10(1-2-13(11)22-14(16,17)18)12(3-4-19)21-7-5-20-6-8-21;;/h1-2,9,12,20H,3,5-8H2;2*1H/t12-;;/m0../s1. The fraction of sp³-hybridized carbons (Fsp3) is 0.500. The minimum absolute atomic E-state index is 0. The fourth-order valence-electron chi connectivity index (χ4n) is 2.47. The van der Waals surface area contributed by atoms with Gasteiger partial charge in [0.05, 0.1) is 12.5 Å². The molecule has 1 aromatic rings. The van der Waals surface area contributed by atoms with Gasteiger partial charge in [-0.3, -0.25) is 4.90 Å². The Balaban J connectivity index is 0.00000264. The predicted octanol–water partition coefficient (Wildman–Crippen LogP) is 3.43. The maximum absolute atomic E-state index is 13.8. The van der Waals surface area contributed by atoms with Crippen LogP contribution in [0.2, 0.25) is 0 Å². The lowest BCUT2D eigenvalue weighted by atomic mass is 10.0. The van der Waals surface area contributed by atoms with Crippen LogP contribution in [0.15, 0.2) is 18.2 Å². The van der Waals surface area contributed by atoms with Crippen LogP contribution in [-0.4, -0.2) is 37.4 Å². The molecular weight excluding hydrogens is 373 g/mol. The van der Waals surface area contributed by atoms with E-state index in [1.807, 2.05) is 11.0 Å². The highest BCUT2D eigenvalue weighted by atomic mass is 35.5. The first kappa shape index (κ1) is 22.7. The number of alkyl halides is 3. The third kappa shape index (κ3) is 6.32. The van der Waals surface area contributed by atoms with Crippen molar-refractivity contribution in [1.29, 1.82) is 5.26 Å². The number of rotatable bonds is 4. The Kier molecular flexibility index (Phi) is 9.37. The Bertz CT molecular complexity index is 560. The van der Waals surface area contributed by atoms with Gasteiger partial charge in [0.2, 0.25) is 0 Å². The van der Waals surface area contributed by atoms with E-state index in [2.05, 4.69) is 10.1 Å². The molecule has 1 fully saturated rings. The van der Waals surface area contributed by atoms with E-state index in [1.165, 1.54) is 6.07 Å². The molecule has 1 aliphatic rings. The SMILES string of the molecule is Cl.Cl.N#CC[C@@H](c1ccc(OC(F)(F)F)c(F)c1)N1CCNCC1. The van der Waals surface area contributed by atoms with Gasteiger partial charge in [0.15, 0.2) is 11.6 Å². The molecule has 10 heteroatoms. The predicted molar refractivity (Wildman–Crippen MR) is 85.0 cm³/mol. The molecular formula is C14H17Cl2F4N3O. The molecule has 0 aliphatic carbocycles. The van der Waals surface area contributed by atoms with Gasteiger partial charge in [-0.1, -0.05) is 6.07 Å². The molecule has 0 spiro atoms. The van der Waals surface area contributed by atoms with Crippen LogP contribution in [0.25, 0.3) is 0 Å². The van der Waals surface area contributed by atoms with Gasteiger partial charge in [0.25, 0.3) is 0 Å². The molecule has 0 radical (unpaired) electrons. The second-order valence-electron chi connectivity index (χ2n) is 4.90. The zero-order chi connectivity index (χ0) is 16.2. The molecule has 24 heavy (non-hydrogen) atoms. The fourth-order valence-corrected chi connectivity index (χ4v) is 2.47. The van der Waals surface area contributed by atoms with Crippen LogP contribution in [0.5, 0.6) is 5.75 Å². The summed E-state index contributed by atoms with van der Waals surface area (Å²) in [6.07, 6.45) is -4.80. The average Bonchev–Trinajstić information content (AvgIpc) is 2.47. The van der Waals surface area contributed by atoms with E-state index in [-0.39, 0.29) is 37.3 Å². The van der Waals surface area contributed by atoms with Crippen LogP contribution in [-0.2, 0) is 0 Å². The smallest absolute Gasteiger partial charge is 0.403 e. The number of ether oxygens (including phenoxy) is 1. The highest BCUT2D eigenvalue weighted by Crippen LogP contribution is 2.30. The molecule has 1 saturated heterocycles. The van der Waals surface area contributed by atoms with Crippen LogP contribution in [0.3, 0.4) is 0 Å². The van der Waals surface area contributed by atoms with Crippen LogP contribution >= 0.6 is 24.8 Å². The third-order valence-corrected chi connectivity index (χ3v) is 3.44. The molecule has 1 N–H and O–H groups in total. The molecule has 0 aromatic heterocycles. The number of nitrogens with zero attached hydrogens (tertiary/aromatic N) is 2. The van der Waals surface area contributed by atoms with Crippen molar-refractivity contribution in [2.45, 2.75) is 18.8 Å². The van der Waals surface area contributed by atoms with Gasteiger partial charge in [-0.05, 0) is 17.7 Å². The Morgan fingerprint density at radius 2 is 1.88 bits per heavy atom. The van der Waals surface area contributed by atoms with Crippen molar-refractivity contribution < 1.29 is 22.3 Å². The van der Waals surface area contributed by atoms with Gasteiger partial charge in [0, 0.05) is 32.2 Å². The lowest BCUT2D eigenvalue weighted by molar-refractivity contribution is -0.275. The number of hydrogen-bond donors (Lipinski definition) is 1. The van der Waals surface area contributed by atoms with E-state index in [9.17, 15) is 17.6 Å². The van der Waals surface area contributed by atoms with Crippen molar-refractivity contribution >= 4 is 24.8 Å². The van der Waals surface area contributed by atoms with Crippen molar-refractivity contribution in [2.75, 3.05) is 26.2 Å². The molecule has 1 heterocycles. The molecule has 1 aliphatic heterocycles. The zero-order valence-electron chi connectivity index (χ0n) is 12.5. The van der Waals surface area contributed by atoms with Gasteiger partial charge < -0.3 is 10.1 Å². The Hall–Kier alpha value is -1.27. The van der Waals surface area contributed by atoms with E-state index in [4.69, 9.17) is 5.26 Å². The van der Waals surface area contributed by atoms with Crippen LogP contribution < -0.4 is 10.1 Å². The van der Waals surface area contributed by atoms with E-state index in [1.54, 1.807) is 0 Å². The van der Waals surface area contributed by atoms with E-state index < -0.39 is 17.9 Å². The molecule has 4 nitrogen and oxygen atoms in total. The molecule has 2 rings (SSSR count). The molecule has 136 valence electrons. The number of piperazine rings is 1. The number of benzene rings is 1. The first-order valence-electron chi connectivity index (χ1n) is 6.77. The Morgan fingerprint density at radius 3 is 2.38 bits per heavy atom. The van der Waals surface area contributed by atoms with Crippen molar-refractivity contribution in [3.8, 4) is 11.8 Å². The van der Waals surface area contributed by atoms with Crippen LogP contribution in [0.1, 0.15) is 18.0 Å². The largest absolute Gasteiger partial charge is 0.573 e. The second-order valence-corrected chi connectivity index (χ2v) is 4.90. The highest BCUT2D eigenvalue weighted by molar-refractivity contribution is 5.85. The minimum atomic E-state index is -4.94. The first-order chi connectivity index (χ1) is 10.4. The lowest BCUT2D eigenvalue weighted by Gasteiger charge is -2.34. The quantitative estimate of drug-likeness (QED) is 0.801. The van der Waals surface area contributed by atoms with Gasteiger partial charge >= 0.3 is 6.36 Å². The van der Waals surface area contributed by atoms with Crippen molar-refractivity contribution in [2.24, 2.45) is 0 Å². The third-order valence-electron chi connectivity index (χ3n) is 3.44. The molecule has 0 unspecified atom stereocenters. The summed E-state index contributed by atoms with van der Waals surface area (Å²) in [5.41, 5.74) is 0.468. The summed E-state index contributed by atoms with van der Waals surface area (Å²) in [7, 11) is 0. The summed E-state index contributed by atoms with van der Waals surface area (Å²) in [5, 5.41) is 12.1. The number of hydrogen-bond acceptors (Lipinski definition) is 4. The summed E-state index contributed by atoms with van der Waals surface area (Å²) < 4.78 is 53.9. The van der Waals surface area contributed by atoms with E-state index >= 15 is 0 Å². The summed E-state index contributed by atoms with van der Waals surface area (Å²) in [5.74, 6) is -1.96. The second kappa shape index (κ2) is 9.89. The van der Waals surface area contributed by atoms with Crippen LogP contribution in [0.4, 0.5) is 17.6 Å². The first-order valence-corrected chi connectivity index (χ1v) is 6.77. The minimum Gasteiger partial charge on any atom is -0.403 e. The number of nitrogens with one attached hydrogen (secondary N) is 1. The van der Waals surface area contributed by atoms with Crippen molar-refractivity contribution in [3.63, 3.8) is 0 Å². The highest BCUT2D eigenvalue weighted by Gasteiger charge is 2.32. The van der Waals surface area contributed by atoms with Crippen LogP contribution in [0, 0.1) is 17.1 Å². The molecule has 1 atom stereocenters. The zero-order valence-corrected chi connectivity index (χ0v) is 14.1. The van der Waals surface area contributed by atoms with Gasteiger partial charge in [0.1, 0.15) is 0 Å². The molecule has 1 aromatic carbocycles. The van der Waals surface area contributed by atoms with Crippen molar-refractivity contribution in [3.05, 3.63) is 29.6 Å². The van der Waals surface area contributed by atoms with Crippen molar-refractivity contribution in [1.82, 2.24) is 10.2 Å². The monoisotopic (exact) mass is 389 g/mol. The summed E-state index contributed by atoms with van der Waals surface area (Å²) >= 11 is 0. The Labute approximate surface area is 149 Å². The average molecular weight is 390 g/mol. The maximum atomic E-state index is 13.8. The maximum Gasteiger partial charge on any atom is 0.573 e. The lowest BCUT2D eigenvalue weighted by Crippen LogP contribution is -2.45. The normalized spacial score (nSPS) is 16.3. The summed E-state index contributed by atoms with van der Waals surface area (Å²) in [6.45, 7) is 2.88. The summed E-state index contributed by atoms with van der Waals surface area (Å²) in [4.78, 5) is 2.01. The van der Waals surface area contributed by atoms with Gasteiger partial charge in [-0.25, -0.2) is 4.39 Å². The molecule has 0 amide bonds. The van der Waals surface area contributed by atoms with E-state index in [0.29, 0.717) is 18.7 Å². The molecule has 0 bridgehead atoms. The van der Waals surface area contributed by atoms with Gasteiger partial charge in [-0.15, -0.1) is 38.0 Å². The Morgan fingerprint density at radius 1 is 1.25 bits per heavy atom. The van der Waals surface area contributed by atoms with Gasteiger partial charge in [-0.2, -0.15) is 5.26 Å². The van der Waals surface area contributed by atoms with E-state index in [0.717, 1.165) is 25.2 Å². The number of halogens is 6. The number of nitriles is 1. The molecule has 0 saturated carbocycles. The topological polar surface area (TPSA) is 48.3 Å².